The Morgan fingerprint density at radius 2 is 2.16 bits per heavy atom. The molecule has 1 saturated heterocycles. The van der Waals surface area contributed by atoms with Gasteiger partial charge in [-0.15, -0.1) is 0 Å². The first-order chi connectivity index (χ1) is 12.2. The molecule has 1 fully saturated rings. The number of azide groups is 1. The van der Waals surface area contributed by atoms with E-state index in [2.05, 4.69) is 30.3 Å². The van der Waals surface area contributed by atoms with Gasteiger partial charge in [0.25, 0.3) is 0 Å². The van der Waals surface area contributed by atoms with Crippen LogP contribution >= 0.6 is 0 Å². The van der Waals surface area contributed by atoms with Gasteiger partial charge < -0.3 is 25.4 Å². The molecule has 2 aromatic rings. The topological polar surface area (TPSA) is 174 Å². The van der Waals surface area contributed by atoms with Crippen molar-refractivity contribution in [3.63, 3.8) is 0 Å². The third-order valence-corrected chi connectivity index (χ3v) is 3.94. The van der Waals surface area contributed by atoms with Crippen molar-refractivity contribution in [3.8, 4) is 0 Å². The highest BCUT2D eigenvalue weighted by Gasteiger charge is 2.44. The molecule has 0 spiro atoms. The van der Waals surface area contributed by atoms with Gasteiger partial charge in [0.15, 0.2) is 23.2 Å². The van der Waals surface area contributed by atoms with Crippen LogP contribution in [0.25, 0.3) is 21.6 Å². The van der Waals surface area contributed by atoms with Crippen LogP contribution in [0.3, 0.4) is 0 Å². The Labute approximate surface area is 141 Å². The Balaban J connectivity index is 1.80. The van der Waals surface area contributed by atoms with E-state index in [1.165, 1.54) is 17.2 Å². The van der Waals surface area contributed by atoms with Crippen LogP contribution in [0.5, 0.6) is 0 Å². The molecule has 3 heterocycles. The van der Waals surface area contributed by atoms with Crippen LogP contribution in [0.1, 0.15) is 12.6 Å². The summed E-state index contributed by atoms with van der Waals surface area (Å²) in [6.45, 7) is 0.495. The molecule has 2 unspecified atom stereocenters. The quantitative estimate of drug-likeness (QED) is 0.225. The fourth-order valence-electron chi connectivity index (χ4n) is 2.68. The zero-order valence-electron chi connectivity index (χ0n) is 13.2. The van der Waals surface area contributed by atoms with Crippen LogP contribution in [0.4, 0.5) is 5.82 Å². The molecule has 1 aliphatic rings. The number of fused-ring (bicyclic) bond motifs is 1. The number of aromatic nitrogens is 4. The SMILES string of the molecule is [N-]=[N+]=NCCCNc1ncnc2c1ncn2C1O[C@H](CO)[C@@H](O)C1O. The summed E-state index contributed by atoms with van der Waals surface area (Å²) in [5, 5.41) is 35.8. The summed E-state index contributed by atoms with van der Waals surface area (Å²) in [7, 11) is 0. The summed E-state index contributed by atoms with van der Waals surface area (Å²) >= 11 is 0. The standard InChI is InChI=1S/C13H18N8O4/c14-20-19-3-1-2-15-11-8-12(17-5-16-11)21(6-18-8)13-10(24)9(23)7(4-22)25-13/h5-7,9-10,13,22-24H,1-4H2,(H,15,16,17)/t7-,9-,10?,13?/m1/s1. The summed E-state index contributed by atoms with van der Waals surface area (Å²) in [6, 6.07) is 0. The number of anilines is 1. The van der Waals surface area contributed by atoms with Crippen LogP contribution in [0, 0.1) is 0 Å². The summed E-state index contributed by atoms with van der Waals surface area (Å²) in [6.07, 6.45) is -0.798. The van der Waals surface area contributed by atoms with E-state index in [0.717, 1.165) is 0 Å². The van der Waals surface area contributed by atoms with Crippen LogP contribution in [-0.2, 0) is 4.74 Å². The zero-order valence-corrected chi connectivity index (χ0v) is 13.2. The van der Waals surface area contributed by atoms with E-state index in [4.69, 9.17) is 10.3 Å². The smallest absolute Gasteiger partial charge is 0.167 e. The second kappa shape index (κ2) is 7.59. The lowest BCUT2D eigenvalue weighted by Crippen LogP contribution is -2.33. The first-order valence-electron chi connectivity index (χ1n) is 7.72. The van der Waals surface area contributed by atoms with Gasteiger partial charge in [-0.25, -0.2) is 15.0 Å². The number of rotatable bonds is 7. The molecule has 4 N–H and O–H groups in total. The van der Waals surface area contributed by atoms with Gasteiger partial charge in [0.05, 0.1) is 12.9 Å². The molecule has 12 nitrogen and oxygen atoms in total. The zero-order chi connectivity index (χ0) is 17.8. The Kier molecular flexibility index (Phi) is 5.26. The number of ether oxygens (including phenoxy) is 1. The van der Waals surface area contributed by atoms with Gasteiger partial charge in [-0.05, 0) is 12.0 Å². The minimum Gasteiger partial charge on any atom is -0.394 e. The Morgan fingerprint density at radius 1 is 1.32 bits per heavy atom. The summed E-state index contributed by atoms with van der Waals surface area (Å²) in [4.78, 5) is 15.2. The highest BCUT2D eigenvalue weighted by atomic mass is 16.6. The monoisotopic (exact) mass is 350 g/mol. The van der Waals surface area contributed by atoms with Crippen molar-refractivity contribution in [1.82, 2.24) is 19.5 Å². The maximum atomic E-state index is 10.1. The second-order valence-electron chi connectivity index (χ2n) is 5.51. The lowest BCUT2D eigenvalue weighted by atomic mass is 10.1. The molecule has 0 radical (unpaired) electrons. The minimum absolute atomic E-state index is 0.370. The molecule has 3 rings (SSSR count). The second-order valence-corrected chi connectivity index (χ2v) is 5.51. The van der Waals surface area contributed by atoms with Gasteiger partial charge in [0, 0.05) is 18.0 Å². The Hall–Kier alpha value is -2.50. The van der Waals surface area contributed by atoms with Gasteiger partial charge in [-0.3, -0.25) is 4.57 Å². The molecule has 1 aliphatic heterocycles. The van der Waals surface area contributed by atoms with Crippen molar-refractivity contribution in [2.45, 2.75) is 31.0 Å². The molecule has 0 amide bonds. The fourth-order valence-corrected chi connectivity index (χ4v) is 2.68. The van der Waals surface area contributed by atoms with Gasteiger partial charge in [-0.2, -0.15) is 0 Å². The van der Waals surface area contributed by atoms with Crippen LogP contribution in [0.2, 0.25) is 0 Å². The molecular formula is C13H18N8O4. The van der Waals surface area contributed by atoms with Gasteiger partial charge in [0.2, 0.25) is 0 Å². The van der Waals surface area contributed by atoms with Crippen LogP contribution in [-0.4, -0.2) is 72.8 Å². The summed E-state index contributed by atoms with van der Waals surface area (Å²) in [5.74, 6) is 0.497. The van der Waals surface area contributed by atoms with Crippen molar-refractivity contribution in [2.24, 2.45) is 5.11 Å². The van der Waals surface area contributed by atoms with E-state index in [1.54, 1.807) is 0 Å². The van der Waals surface area contributed by atoms with Crippen molar-refractivity contribution >= 4 is 17.0 Å². The van der Waals surface area contributed by atoms with E-state index in [1.807, 2.05) is 0 Å². The molecule has 25 heavy (non-hydrogen) atoms. The molecule has 0 bridgehead atoms. The lowest BCUT2D eigenvalue weighted by molar-refractivity contribution is -0.0511. The summed E-state index contributed by atoms with van der Waals surface area (Å²) in [5.41, 5.74) is 9.14. The first kappa shape index (κ1) is 17.3. The van der Waals surface area contributed by atoms with Crippen molar-refractivity contribution in [3.05, 3.63) is 23.1 Å². The van der Waals surface area contributed by atoms with Crippen molar-refractivity contribution in [2.75, 3.05) is 25.0 Å². The van der Waals surface area contributed by atoms with E-state index in [0.29, 0.717) is 36.5 Å². The third kappa shape index (κ3) is 3.34. The van der Waals surface area contributed by atoms with Crippen molar-refractivity contribution < 1.29 is 20.1 Å². The fraction of sp³-hybridized carbons (Fsp3) is 0.615. The van der Waals surface area contributed by atoms with Crippen LogP contribution in [0.15, 0.2) is 17.8 Å². The predicted octanol–water partition coefficient (Wildman–Crippen LogP) is -0.450. The number of aliphatic hydroxyl groups is 3. The third-order valence-electron chi connectivity index (χ3n) is 3.94. The van der Waals surface area contributed by atoms with Crippen molar-refractivity contribution in [1.29, 1.82) is 0 Å². The molecule has 0 aromatic carbocycles. The Bertz CT molecular complexity index is 776. The largest absolute Gasteiger partial charge is 0.394 e. The highest BCUT2D eigenvalue weighted by Crippen LogP contribution is 2.31. The number of nitrogens with zero attached hydrogens (tertiary/aromatic N) is 7. The first-order valence-corrected chi connectivity index (χ1v) is 7.72. The van der Waals surface area contributed by atoms with E-state index in [9.17, 15) is 15.3 Å². The van der Waals surface area contributed by atoms with Crippen LogP contribution < -0.4 is 5.32 Å². The summed E-state index contributed by atoms with van der Waals surface area (Å²) < 4.78 is 6.99. The molecule has 4 atom stereocenters. The molecule has 0 aliphatic carbocycles. The van der Waals surface area contributed by atoms with E-state index < -0.39 is 31.1 Å². The lowest BCUT2D eigenvalue weighted by Gasteiger charge is -2.16. The number of hydrogen-bond donors (Lipinski definition) is 4. The maximum absolute atomic E-state index is 10.1. The molecular weight excluding hydrogens is 332 g/mol. The number of imidazole rings is 1. The van der Waals surface area contributed by atoms with Gasteiger partial charge in [-0.1, -0.05) is 5.11 Å². The van der Waals surface area contributed by atoms with E-state index in [-0.39, 0.29) is 0 Å². The van der Waals surface area contributed by atoms with Gasteiger partial charge in [0.1, 0.15) is 24.6 Å². The number of aliphatic hydroxyl groups excluding tert-OH is 3. The Morgan fingerprint density at radius 3 is 2.88 bits per heavy atom. The van der Waals surface area contributed by atoms with Gasteiger partial charge >= 0.3 is 0 Å². The molecule has 0 saturated carbocycles. The molecule has 12 heteroatoms. The predicted molar refractivity (Wildman–Crippen MR) is 85.5 cm³/mol. The molecule has 134 valence electrons. The highest BCUT2D eigenvalue weighted by molar-refractivity contribution is 5.82. The number of hydrogen-bond acceptors (Lipinski definition) is 9. The molecule has 2 aromatic heterocycles. The normalized spacial score (nSPS) is 25.9. The maximum Gasteiger partial charge on any atom is 0.167 e. The average molecular weight is 350 g/mol. The average Bonchev–Trinajstić information content (AvgIpc) is 3.17. The van der Waals surface area contributed by atoms with E-state index >= 15 is 0 Å². The minimum atomic E-state index is -1.22. The number of nitrogens with one attached hydrogen (secondary N) is 1.